The minimum absolute atomic E-state index is 0.0770. The Labute approximate surface area is 257 Å². The maximum absolute atomic E-state index is 14.0. The number of nitrogens with one attached hydrogen (secondary N) is 1. The monoisotopic (exact) mass is 654 g/mol. The Morgan fingerprint density at radius 2 is 1.78 bits per heavy atom. The topological polar surface area (TPSA) is 133 Å². The van der Waals surface area contributed by atoms with Crippen LogP contribution in [0.4, 0.5) is 38.0 Å². The number of anilines is 2. The number of benzene rings is 1. The number of hydrogen-bond acceptors (Lipinski definition) is 11. The lowest BCUT2D eigenvalue weighted by molar-refractivity contribution is -0.139. The molecule has 1 aromatic carbocycles. The standard InChI is InChI=1S/C28H28F6N8O4/c1-16(38-21-11-37-42(25(43)23(21)28(32,33)34)12-17-3-5-20(44-2)6-4-17)14-45-15-22-39-24(40-46-22)18-7-8-41(13-18)26-35-9-19(10-36-26)27(29,30)31/h3-6,9-11,16,18,38H,7-8,12-15H2,1-2H3. The zero-order valence-electron chi connectivity index (χ0n) is 24.5. The van der Waals surface area contributed by atoms with Crippen molar-refractivity contribution in [3.63, 3.8) is 0 Å². The lowest BCUT2D eigenvalue weighted by atomic mass is 10.1. The summed E-state index contributed by atoms with van der Waals surface area (Å²) in [5.41, 5.74) is -3.53. The van der Waals surface area contributed by atoms with E-state index in [-0.39, 0.29) is 37.5 Å². The fourth-order valence-electron chi connectivity index (χ4n) is 4.79. The van der Waals surface area contributed by atoms with E-state index >= 15 is 0 Å². The number of methoxy groups -OCH3 is 1. The summed E-state index contributed by atoms with van der Waals surface area (Å²) in [5, 5.41) is 10.5. The Kier molecular flexibility index (Phi) is 9.45. The number of rotatable bonds is 11. The molecular formula is C28H28F6N8O4. The van der Waals surface area contributed by atoms with Gasteiger partial charge in [-0.05, 0) is 31.0 Å². The zero-order chi connectivity index (χ0) is 33.1. The molecule has 0 aliphatic carbocycles. The molecule has 4 heterocycles. The van der Waals surface area contributed by atoms with Crippen molar-refractivity contribution in [3.8, 4) is 5.75 Å². The van der Waals surface area contributed by atoms with Crippen LogP contribution in [-0.4, -0.2) is 62.7 Å². The van der Waals surface area contributed by atoms with Gasteiger partial charge in [-0.15, -0.1) is 0 Å². The predicted molar refractivity (Wildman–Crippen MR) is 149 cm³/mol. The van der Waals surface area contributed by atoms with E-state index in [0.29, 0.717) is 36.6 Å². The maximum atomic E-state index is 14.0. The van der Waals surface area contributed by atoms with E-state index in [2.05, 4.69) is 30.5 Å². The molecule has 2 unspecified atom stereocenters. The number of hydrogen-bond donors (Lipinski definition) is 1. The molecule has 246 valence electrons. The molecular weight excluding hydrogens is 626 g/mol. The molecule has 1 N–H and O–H groups in total. The molecule has 0 spiro atoms. The SMILES string of the molecule is COc1ccc(Cn2ncc(NC(C)COCc3nc(C4CCN(c5ncc(C(F)(F)F)cn5)C4)no3)c(C(F)(F)F)c2=O)cc1. The van der Waals surface area contributed by atoms with Gasteiger partial charge in [0.2, 0.25) is 5.95 Å². The zero-order valence-corrected chi connectivity index (χ0v) is 24.5. The average Bonchev–Trinajstić information content (AvgIpc) is 3.68. The van der Waals surface area contributed by atoms with E-state index in [1.807, 2.05) is 0 Å². The van der Waals surface area contributed by atoms with E-state index in [4.69, 9.17) is 14.0 Å². The lowest BCUT2D eigenvalue weighted by Gasteiger charge is -2.19. The van der Waals surface area contributed by atoms with Crippen LogP contribution in [0.25, 0.3) is 0 Å². The molecule has 0 radical (unpaired) electrons. The van der Waals surface area contributed by atoms with Gasteiger partial charge in [-0.3, -0.25) is 4.79 Å². The largest absolute Gasteiger partial charge is 0.497 e. The van der Waals surface area contributed by atoms with Crippen molar-refractivity contribution in [3.05, 3.63) is 81.6 Å². The second kappa shape index (κ2) is 13.3. The molecule has 2 atom stereocenters. The predicted octanol–water partition coefficient (Wildman–Crippen LogP) is 4.52. The van der Waals surface area contributed by atoms with E-state index < -0.39 is 40.8 Å². The highest BCUT2D eigenvalue weighted by Gasteiger charge is 2.38. The highest BCUT2D eigenvalue weighted by molar-refractivity contribution is 5.50. The third-order valence-electron chi connectivity index (χ3n) is 7.10. The fourth-order valence-corrected chi connectivity index (χ4v) is 4.79. The Morgan fingerprint density at radius 3 is 2.43 bits per heavy atom. The van der Waals surface area contributed by atoms with Gasteiger partial charge < -0.3 is 24.2 Å². The Balaban J connectivity index is 1.15. The summed E-state index contributed by atoms with van der Waals surface area (Å²) in [6.07, 6.45) is -6.48. The number of aromatic nitrogens is 6. The number of ether oxygens (including phenoxy) is 2. The highest BCUT2D eigenvalue weighted by atomic mass is 19.4. The summed E-state index contributed by atoms with van der Waals surface area (Å²) in [4.78, 5) is 26.5. The van der Waals surface area contributed by atoms with Gasteiger partial charge in [0.25, 0.3) is 11.4 Å². The Morgan fingerprint density at radius 1 is 1.07 bits per heavy atom. The lowest BCUT2D eigenvalue weighted by Crippen LogP contribution is -2.34. The quantitative estimate of drug-likeness (QED) is 0.229. The summed E-state index contributed by atoms with van der Waals surface area (Å²) >= 11 is 0. The fraction of sp³-hybridized carbons (Fsp3) is 0.429. The molecule has 5 rings (SSSR count). The van der Waals surface area contributed by atoms with Gasteiger partial charge in [0.1, 0.15) is 17.9 Å². The molecule has 0 saturated carbocycles. The van der Waals surface area contributed by atoms with E-state index in [1.54, 1.807) is 36.1 Å². The first-order chi connectivity index (χ1) is 21.8. The van der Waals surface area contributed by atoms with Gasteiger partial charge in [0, 0.05) is 37.4 Å². The van der Waals surface area contributed by atoms with Gasteiger partial charge in [-0.1, -0.05) is 17.3 Å². The summed E-state index contributed by atoms with van der Waals surface area (Å²) in [7, 11) is 1.48. The second-order valence-corrected chi connectivity index (χ2v) is 10.5. The summed E-state index contributed by atoms with van der Waals surface area (Å²) in [6, 6.07) is 5.83. The van der Waals surface area contributed by atoms with Crippen LogP contribution in [0, 0.1) is 0 Å². The Bertz CT molecular complexity index is 1680. The van der Waals surface area contributed by atoms with E-state index in [1.165, 1.54) is 7.11 Å². The van der Waals surface area contributed by atoms with Crippen molar-refractivity contribution in [2.45, 2.75) is 50.8 Å². The van der Waals surface area contributed by atoms with Gasteiger partial charge in [-0.25, -0.2) is 14.6 Å². The van der Waals surface area contributed by atoms with Crippen molar-refractivity contribution in [1.29, 1.82) is 0 Å². The molecule has 0 amide bonds. The smallest absolute Gasteiger partial charge is 0.423 e. The first-order valence-electron chi connectivity index (χ1n) is 13.9. The van der Waals surface area contributed by atoms with Crippen LogP contribution in [0.2, 0.25) is 0 Å². The molecule has 0 bridgehead atoms. The van der Waals surface area contributed by atoms with Gasteiger partial charge in [-0.2, -0.15) is 36.4 Å². The number of halogens is 6. The molecule has 46 heavy (non-hydrogen) atoms. The minimum atomic E-state index is -4.95. The summed E-state index contributed by atoms with van der Waals surface area (Å²) in [6.45, 7) is 2.02. The van der Waals surface area contributed by atoms with Crippen LogP contribution in [0.5, 0.6) is 5.75 Å². The normalized spacial score (nSPS) is 16.1. The number of alkyl halides is 6. The first kappa shape index (κ1) is 32.6. The van der Waals surface area contributed by atoms with E-state index in [9.17, 15) is 31.1 Å². The third-order valence-corrected chi connectivity index (χ3v) is 7.10. The first-order valence-corrected chi connectivity index (χ1v) is 13.9. The summed E-state index contributed by atoms with van der Waals surface area (Å²) < 4.78 is 96.8. The molecule has 12 nitrogen and oxygen atoms in total. The van der Waals surface area contributed by atoms with Crippen LogP contribution in [0.3, 0.4) is 0 Å². The van der Waals surface area contributed by atoms with Crippen LogP contribution in [-0.2, 0) is 30.2 Å². The molecule has 1 aliphatic rings. The van der Waals surface area contributed by atoms with Crippen LogP contribution in [0.1, 0.15) is 47.7 Å². The van der Waals surface area contributed by atoms with Gasteiger partial charge >= 0.3 is 12.4 Å². The van der Waals surface area contributed by atoms with Gasteiger partial charge in [0.15, 0.2) is 5.82 Å². The van der Waals surface area contributed by atoms with Crippen molar-refractivity contribution >= 4 is 11.6 Å². The van der Waals surface area contributed by atoms with Crippen molar-refractivity contribution < 1.29 is 40.3 Å². The molecule has 1 saturated heterocycles. The second-order valence-electron chi connectivity index (χ2n) is 10.5. The molecule has 4 aromatic rings. The van der Waals surface area contributed by atoms with Crippen molar-refractivity contribution in [2.24, 2.45) is 0 Å². The Hall–Kier alpha value is -4.74. The minimum Gasteiger partial charge on any atom is -0.497 e. The van der Waals surface area contributed by atoms with Crippen LogP contribution in [0.15, 0.2) is 52.2 Å². The third kappa shape index (κ3) is 7.72. The average molecular weight is 655 g/mol. The molecule has 1 aliphatic heterocycles. The molecule has 18 heteroatoms. The highest BCUT2D eigenvalue weighted by Crippen LogP contribution is 2.33. The molecule has 3 aromatic heterocycles. The maximum Gasteiger partial charge on any atom is 0.423 e. The van der Waals surface area contributed by atoms with Crippen LogP contribution < -0.4 is 20.5 Å². The van der Waals surface area contributed by atoms with Crippen LogP contribution >= 0.6 is 0 Å². The van der Waals surface area contributed by atoms with Crippen molar-refractivity contribution in [1.82, 2.24) is 29.9 Å². The van der Waals surface area contributed by atoms with Crippen molar-refractivity contribution in [2.75, 3.05) is 37.0 Å². The number of nitrogens with zero attached hydrogens (tertiary/aromatic N) is 7. The molecule has 1 fully saturated rings. The summed E-state index contributed by atoms with van der Waals surface area (Å²) in [5.74, 6) is 1.03. The van der Waals surface area contributed by atoms with E-state index in [0.717, 1.165) is 23.3 Å². The van der Waals surface area contributed by atoms with Gasteiger partial charge in [0.05, 0.1) is 37.7 Å².